The summed E-state index contributed by atoms with van der Waals surface area (Å²) in [6.07, 6.45) is 0.911. The van der Waals surface area contributed by atoms with Crippen LogP contribution in [-0.2, 0) is 9.59 Å². The van der Waals surface area contributed by atoms with Crippen LogP contribution in [0.5, 0.6) is 0 Å². The van der Waals surface area contributed by atoms with Gasteiger partial charge in [0.25, 0.3) is 0 Å². The van der Waals surface area contributed by atoms with E-state index in [4.69, 9.17) is 10.2 Å². The zero-order valence-electron chi connectivity index (χ0n) is 10.0. The minimum Gasteiger partial charge on any atom is -0.478 e. The Morgan fingerprint density at radius 3 is 2.33 bits per heavy atom. The van der Waals surface area contributed by atoms with Crippen LogP contribution in [0.15, 0.2) is 42.0 Å². The molecule has 0 atom stereocenters. The van der Waals surface area contributed by atoms with E-state index in [0.717, 1.165) is 11.8 Å². The normalized spacial score (nSPS) is 11.1. The van der Waals surface area contributed by atoms with Crippen molar-refractivity contribution in [3.8, 4) is 0 Å². The van der Waals surface area contributed by atoms with Gasteiger partial charge < -0.3 is 15.1 Å². The third-order valence-electron chi connectivity index (χ3n) is 2.49. The summed E-state index contributed by atoms with van der Waals surface area (Å²) in [6.45, 7) is 0.440. The fourth-order valence-electron chi connectivity index (χ4n) is 1.49. The van der Waals surface area contributed by atoms with Crippen LogP contribution in [0, 0.1) is 0 Å². The van der Waals surface area contributed by atoms with Crippen molar-refractivity contribution in [3.05, 3.63) is 42.0 Å². The highest BCUT2D eigenvalue weighted by Crippen LogP contribution is 2.13. The quantitative estimate of drug-likeness (QED) is 0.749. The molecule has 0 saturated heterocycles. The second kappa shape index (κ2) is 6.44. The Morgan fingerprint density at radius 1 is 1.22 bits per heavy atom. The number of anilines is 1. The Labute approximate surface area is 105 Å². The predicted octanol–water partition coefficient (Wildman–Crippen LogP) is 1.61. The van der Waals surface area contributed by atoms with Crippen LogP contribution >= 0.6 is 0 Å². The SMILES string of the molecule is CN(CCC(=CC(=O)O)C(=O)O)c1ccccc1. The molecule has 0 aromatic heterocycles. The van der Waals surface area contributed by atoms with Gasteiger partial charge in [0.05, 0.1) is 0 Å². The Bertz CT molecular complexity index is 453. The second-order valence-corrected chi connectivity index (χ2v) is 3.82. The van der Waals surface area contributed by atoms with Crippen LogP contribution in [0.2, 0.25) is 0 Å². The maximum atomic E-state index is 10.8. The Morgan fingerprint density at radius 2 is 1.83 bits per heavy atom. The molecular formula is C13H15NO4. The summed E-state index contributed by atoms with van der Waals surface area (Å²) in [5.41, 5.74) is 0.850. The summed E-state index contributed by atoms with van der Waals surface area (Å²) in [5.74, 6) is -2.44. The molecule has 0 fully saturated rings. The van der Waals surface area contributed by atoms with E-state index in [0.29, 0.717) is 6.54 Å². The van der Waals surface area contributed by atoms with Gasteiger partial charge in [0, 0.05) is 30.9 Å². The summed E-state index contributed by atoms with van der Waals surface area (Å²) in [5, 5.41) is 17.4. The highest BCUT2D eigenvalue weighted by molar-refractivity contribution is 5.94. The lowest BCUT2D eigenvalue weighted by Crippen LogP contribution is -2.20. The molecule has 96 valence electrons. The molecule has 18 heavy (non-hydrogen) atoms. The Hall–Kier alpha value is -2.30. The van der Waals surface area contributed by atoms with Crippen LogP contribution in [0.3, 0.4) is 0 Å². The van der Waals surface area contributed by atoms with Crippen LogP contribution < -0.4 is 4.90 Å². The number of aliphatic carboxylic acids is 2. The number of carboxylic acid groups (broad SMARTS) is 2. The van der Waals surface area contributed by atoms with E-state index in [2.05, 4.69) is 0 Å². The molecule has 0 saturated carbocycles. The Kier molecular flexibility index (Phi) is 4.92. The van der Waals surface area contributed by atoms with Crippen LogP contribution in [0.1, 0.15) is 6.42 Å². The van der Waals surface area contributed by atoms with Crippen molar-refractivity contribution < 1.29 is 19.8 Å². The largest absolute Gasteiger partial charge is 0.478 e. The lowest BCUT2D eigenvalue weighted by atomic mass is 10.1. The third kappa shape index (κ3) is 4.29. The summed E-state index contributed by atoms with van der Waals surface area (Å²) < 4.78 is 0. The molecule has 0 radical (unpaired) electrons. The van der Waals surface area contributed by atoms with Crippen molar-refractivity contribution in [2.45, 2.75) is 6.42 Å². The molecule has 1 aromatic rings. The third-order valence-corrected chi connectivity index (χ3v) is 2.49. The molecule has 0 heterocycles. The molecule has 5 nitrogen and oxygen atoms in total. The molecule has 0 aliphatic rings. The summed E-state index contributed by atoms with van der Waals surface area (Å²) >= 11 is 0. The van der Waals surface area contributed by atoms with Crippen LogP contribution in [0.25, 0.3) is 0 Å². The Balaban J connectivity index is 2.64. The standard InChI is InChI=1S/C13H15NO4/c1-14(11-5-3-2-4-6-11)8-7-10(13(17)18)9-12(15)16/h2-6,9H,7-8H2,1H3,(H,15,16)(H,17,18). The number of carbonyl (C=O) groups is 2. The number of para-hydroxylation sites is 1. The maximum Gasteiger partial charge on any atom is 0.331 e. The first-order valence-corrected chi connectivity index (χ1v) is 5.43. The number of nitrogens with zero attached hydrogens (tertiary/aromatic N) is 1. The first-order chi connectivity index (χ1) is 8.50. The number of carboxylic acids is 2. The van der Waals surface area contributed by atoms with Gasteiger partial charge in [0.2, 0.25) is 0 Å². The number of rotatable bonds is 6. The van der Waals surface area contributed by atoms with Crippen molar-refractivity contribution >= 4 is 17.6 Å². The summed E-state index contributed by atoms with van der Waals surface area (Å²) in [7, 11) is 1.83. The smallest absolute Gasteiger partial charge is 0.331 e. The van der Waals surface area contributed by atoms with Gasteiger partial charge in [-0.1, -0.05) is 18.2 Å². The minimum absolute atomic E-state index is 0.106. The highest BCUT2D eigenvalue weighted by Gasteiger charge is 2.10. The van der Waals surface area contributed by atoms with E-state index in [1.54, 1.807) is 0 Å². The molecule has 0 bridgehead atoms. The molecule has 0 aliphatic carbocycles. The lowest BCUT2D eigenvalue weighted by Gasteiger charge is -2.19. The number of benzene rings is 1. The zero-order valence-corrected chi connectivity index (χ0v) is 10.0. The van der Waals surface area contributed by atoms with Crippen molar-refractivity contribution in [1.29, 1.82) is 0 Å². The molecule has 1 aromatic carbocycles. The monoisotopic (exact) mass is 249 g/mol. The van der Waals surface area contributed by atoms with E-state index < -0.39 is 11.9 Å². The number of hydrogen-bond acceptors (Lipinski definition) is 3. The summed E-state index contributed by atoms with van der Waals surface area (Å²) in [6, 6.07) is 9.47. The molecule has 0 amide bonds. The van der Waals surface area contributed by atoms with Gasteiger partial charge in [-0.2, -0.15) is 0 Å². The van der Waals surface area contributed by atoms with Gasteiger partial charge in [-0.15, -0.1) is 0 Å². The minimum atomic E-state index is -1.24. The molecule has 0 aliphatic heterocycles. The van der Waals surface area contributed by atoms with E-state index in [9.17, 15) is 9.59 Å². The number of hydrogen-bond donors (Lipinski definition) is 2. The molecule has 2 N–H and O–H groups in total. The van der Waals surface area contributed by atoms with Gasteiger partial charge in [-0.3, -0.25) is 0 Å². The van der Waals surface area contributed by atoms with E-state index >= 15 is 0 Å². The average Bonchev–Trinajstić information content (AvgIpc) is 2.34. The van der Waals surface area contributed by atoms with Crippen molar-refractivity contribution in [2.24, 2.45) is 0 Å². The molecular weight excluding hydrogens is 234 g/mol. The summed E-state index contributed by atoms with van der Waals surface area (Å²) in [4.78, 5) is 23.2. The fourth-order valence-corrected chi connectivity index (χ4v) is 1.49. The van der Waals surface area contributed by atoms with E-state index in [1.807, 2.05) is 42.3 Å². The molecule has 1 rings (SSSR count). The fraction of sp³-hybridized carbons (Fsp3) is 0.231. The van der Waals surface area contributed by atoms with Crippen molar-refractivity contribution in [3.63, 3.8) is 0 Å². The first kappa shape index (κ1) is 13.8. The lowest BCUT2D eigenvalue weighted by molar-refractivity contribution is -0.135. The van der Waals surface area contributed by atoms with Crippen molar-refractivity contribution in [1.82, 2.24) is 0 Å². The van der Waals surface area contributed by atoms with E-state index in [1.165, 1.54) is 0 Å². The van der Waals surface area contributed by atoms with Gasteiger partial charge in [-0.05, 0) is 18.6 Å². The van der Waals surface area contributed by atoms with Gasteiger partial charge in [0.15, 0.2) is 0 Å². The molecule has 5 heteroatoms. The van der Waals surface area contributed by atoms with Gasteiger partial charge in [-0.25, -0.2) is 9.59 Å². The topological polar surface area (TPSA) is 77.8 Å². The second-order valence-electron chi connectivity index (χ2n) is 3.82. The average molecular weight is 249 g/mol. The van der Waals surface area contributed by atoms with E-state index in [-0.39, 0.29) is 12.0 Å². The predicted molar refractivity (Wildman–Crippen MR) is 67.7 cm³/mol. The molecule has 0 unspecified atom stereocenters. The zero-order chi connectivity index (χ0) is 13.5. The van der Waals surface area contributed by atoms with Crippen LogP contribution in [0.4, 0.5) is 5.69 Å². The van der Waals surface area contributed by atoms with Crippen LogP contribution in [-0.4, -0.2) is 35.7 Å². The molecule has 0 spiro atoms. The first-order valence-electron chi connectivity index (χ1n) is 5.43. The maximum absolute atomic E-state index is 10.8. The highest BCUT2D eigenvalue weighted by atomic mass is 16.4. The van der Waals surface area contributed by atoms with Gasteiger partial charge >= 0.3 is 11.9 Å². The van der Waals surface area contributed by atoms with Crippen molar-refractivity contribution in [2.75, 3.05) is 18.5 Å². The van der Waals surface area contributed by atoms with Gasteiger partial charge in [0.1, 0.15) is 0 Å².